The van der Waals surface area contributed by atoms with Crippen molar-refractivity contribution in [1.29, 1.82) is 0 Å². The van der Waals surface area contributed by atoms with Gasteiger partial charge in [-0.2, -0.15) is 0 Å². The van der Waals surface area contributed by atoms with Gasteiger partial charge in [0.2, 0.25) is 10.0 Å². The smallest absolute Gasteiger partial charge is 0.253 e. The Kier molecular flexibility index (Phi) is 6.59. The number of piperazine rings is 1. The lowest BCUT2D eigenvalue weighted by molar-refractivity contribution is 0.0952. The van der Waals surface area contributed by atoms with Crippen LogP contribution in [0.4, 0.5) is 5.69 Å². The largest absolute Gasteiger partial charge is 0.352 e. The fourth-order valence-electron chi connectivity index (χ4n) is 2.67. The molecule has 3 N–H and O–H groups in total. The molecule has 8 heteroatoms. The number of benzene rings is 1. The number of nitrogens with zero attached hydrogens (tertiary/aromatic N) is 1. The predicted molar refractivity (Wildman–Crippen MR) is 95.9 cm³/mol. The molecule has 0 bridgehead atoms. The van der Waals surface area contributed by atoms with Gasteiger partial charge in [-0.05, 0) is 32.0 Å². The van der Waals surface area contributed by atoms with E-state index in [9.17, 15) is 13.2 Å². The summed E-state index contributed by atoms with van der Waals surface area (Å²) in [5, 5.41) is 6.18. The Balaban J connectivity index is 1.90. The van der Waals surface area contributed by atoms with Crippen LogP contribution in [-0.2, 0) is 10.0 Å². The third-order valence-corrected chi connectivity index (χ3v) is 4.45. The Hall–Kier alpha value is -1.64. The van der Waals surface area contributed by atoms with E-state index in [0.717, 1.165) is 51.0 Å². The molecule has 134 valence electrons. The molecule has 1 aromatic rings. The number of hydrogen-bond acceptors (Lipinski definition) is 5. The summed E-state index contributed by atoms with van der Waals surface area (Å²) in [6, 6.07) is 5.08. The van der Waals surface area contributed by atoms with E-state index in [1.807, 2.05) is 6.92 Å². The molecule has 0 atom stereocenters. The van der Waals surface area contributed by atoms with Crippen LogP contribution < -0.4 is 15.4 Å². The molecule has 0 unspecified atom stereocenters. The van der Waals surface area contributed by atoms with E-state index in [1.165, 1.54) is 0 Å². The third-order valence-electron chi connectivity index (χ3n) is 3.86. The normalized spacial score (nSPS) is 15.9. The van der Waals surface area contributed by atoms with Gasteiger partial charge in [0.15, 0.2) is 0 Å². The quantitative estimate of drug-likeness (QED) is 0.617. The summed E-state index contributed by atoms with van der Waals surface area (Å²) in [5.41, 5.74) is 1.56. The SMILES string of the molecule is Cc1ccc(NS(C)(=O)=O)c(C(=O)NCCCN2CCNCC2)c1. The maximum atomic E-state index is 12.4. The highest BCUT2D eigenvalue weighted by Gasteiger charge is 2.14. The van der Waals surface area contributed by atoms with Crippen molar-refractivity contribution in [2.45, 2.75) is 13.3 Å². The second kappa shape index (κ2) is 8.46. The fraction of sp³-hybridized carbons (Fsp3) is 0.562. The second-order valence-corrected chi connectivity index (χ2v) is 7.87. The van der Waals surface area contributed by atoms with Gasteiger partial charge in [-0.15, -0.1) is 0 Å². The van der Waals surface area contributed by atoms with Gasteiger partial charge in [-0.1, -0.05) is 11.6 Å². The van der Waals surface area contributed by atoms with E-state index in [4.69, 9.17) is 0 Å². The number of rotatable bonds is 7. The number of amides is 1. The maximum absolute atomic E-state index is 12.4. The molecule has 2 rings (SSSR count). The van der Waals surface area contributed by atoms with Crippen LogP contribution in [0.3, 0.4) is 0 Å². The first-order valence-electron chi connectivity index (χ1n) is 8.15. The van der Waals surface area contributed by atoms with Crippen LogP contribution in [-0.4, -0.2) is 64.7 Å². The van der Waals surface area contributed by atoms with Gasteiger partial charge in [0.25, 0.3) is 5.91 Å². The number of carbonyl (C=O) groups is 1. The van der Waals surface area contributed by atoms with Crippen molar-refractivity contribution in [3.63, 3.8) is 0 Å². The summed E-state index contributed by atoms with van der Waals surface area (Å²) in [6.45, 7) is 7.47. The number of sulfonamides is 1. The molecule has 1 fully saturated rings. The average Bonchev–Trinajstić information content (AvgIpc) is 2.53. The first-order valence-corrected chi connectivity index (χ1v) is 10.0. The maximum Gasteiger partial charge on any atom is 0.253 e. The van der Waals surface area contributed by atoms with Crippen LogP contribution in [0.25, 0.3) is 0 Å². The molecule has 0 saturated carbocycles. The molecule has 0 radical (unpaired) electrons. The lowest BCUT2D eigenvalue weighted by Crippen LogP contribution is -2.44. The highest BCUT2D eigenvalue weighted by atomic mass is 32.2. The molecule has 7 nitrogen and oxygen atoms in total. The molecule has 1 aliphatic heterocycles. The zero-order valence-electron chi connectivity index (χ0n) is 14.3. The number of carbonyl (C=O) groups excluding carboxylic acids is 1. The molecule has 1 heterocycles. The Labute approximate surface area is 143 Å². The van der Waals surface area contributed by atoms with Crippen molar-refractivity contribution in [3.8, 4) is 0 Å². The molecule has 0 aliphatic carbocycles. The molecular formula is C16H26N4O3S. The number of nitrogens with one attached hydrogen (secondary N) is 3. The molecular weight excluding hydrogens is 328 g/mol. The summed E-state index contributed by atoms with van der Waals surface area (Å²) in [7, 11) is -3.43. The number of aryl methyl sites for hydroxylation is 1. The summed E-state index contributed by atoms with van der Waals surface area (Å²) in [4.78, 5) is 14.8. The summed E-state index contributed by atoms with van der Waals surface area (Å²) >= 11 is 0. The van der Waals surface area contributed by atoms with E-state index in [1.54, 1.807) is 18.2 Å². The minimum absolute atomic E-state index is 0.259. The molecule has 1 aromatic carbocycles. The molecule has 0 spiro atoms. The lowest BCUT2D eigenvalue weighted by atomic mass is 10.1. The van der Waals surface area contributed by atoms with E-state index in [-0.39, 0.29) is 5.91 Å². The van der Waals surface area contributed by atoms with Crippen LogP contribution in [0.1, 0.15) is 22.3 Å². The van der Waals surface area contributed by atoms with E-state index < -0.39 is 10.0 Å². The van der Waals surface area contributed by atoms with Gasteiger partial charge < -0.3 is 15.5 Å². The van der Waals surface area contributed by atoms with Crippen LogP contribution in [0, 0.1) is 6.92 Å². The van der Waals surface area contributed by atoms with E-state index in [0.29, 0.717) is 17.8 Å². The molecule has 1 aliphatic rings. The first-order chi connectivity index (χ1) is 11.3. The van der Waals surface area contributed by atoms with Crippen molar-refractivity contribution in [3.05, 3.63) is 29.3 Å². The van der Waals surface area contributed by atoms with Crippen molar-refractivity contribution < 1.29 is 13.2 Å². The fourth-order valence-corrected chi connectivity index (χ4v) is 3.25. The Morgan fingerprint density at radius 3 is 2.67 bits per heavy atom. The summed E-state index contributed by atoms with van der Waals surface area (Å²) in [6.07, 6.45) is 1.94. The van der Waals surface area contributed by atoms with Crippen molar-refractivity contribution in [2.24, 2.45) is 0 Å². The molecule has 24 heavy (non-hydrogen) atoms. The highest BCUT2D eigenvalue weighted by molar-refractivity contribution is 7.92. The number of anilines is 1. The van der Waals surface area contributed by atoms with Gasteiger partial charge >= 0.3 is 0 Å². The number of hydrogen-bond donors (Lipinski definition) is 3. The summed E-state index contributed by atoms with van der Waals surface area (Å²) < 4.78 is 25.3. The first kappa shape index (κ1) is 18.7. The lowest BCUT2D eigenvalue weighted by Gasteiger charge is -2.27. The minimum atomic E-state index is -3.43. The van der Waals surface area contributed by atoms with Crippen LogP contribution in [0.15, 0.2) is 18.2 Å². The van der Waals surface area contributed by atoms with Crippen LogP contribution in [0.5, 0.6) is 0 Å². The summed E-state index contributed by atoms with van der Waals surface area (Å²) in [5.74, 6) is -0.259. The Morgan fingerprint density at radius 2 is 2.00 bits per heavy atom. The minimum Gasteiger partial charge on any atom is -0.352 e. The predicted octanol–water partition coefficient (Wildman–Crippen LogP) is 0.392. The van der Waals surface area contributed by atoms with Crippen molar-refractivity contribution in [1.82, 2.24) is 15.5 Å². The Morgan fingerprint density at radius 1 is 1.29 bits per heavy atom. The van der Waals surface area contributed by atoms with Gasteiger partial charge in [-0.25, -0.2) is 8.42 Å². The monoisotopic (exact) mass is 354 g/mol. The average molecular weight is 354 g/mol. The standard InChI is InChI=1S/C16H26N4O3S/c1-13-4-5-15(19-24(2,22)23)14(12-13)16(21)18-6-3-9-20-10-7-17-8-11-20/h4-5,12,17,19H,3,6-11H2,1-2H3,(H,18,21). The molecule has 1 amide bonds. The van der Waals surface area contributed by atoms with E-state index >= 15 is 0 Å². The van der Waals surface area contributed by atoms with Crippen molar-refractivity contribution >= 4 is 21.6 Å². The van der Waals surface area contributed by atoms with E-state index in [2.05, 4.69) is 20.3 Å². The molecule has 1 saturated heterocycles. The topological polar surface area (TPSA) is 90.5 Å². The van der Waals surface area contributed by atoms with Crippen LogP contribution >= 0.6 is 0 Å². The molecule has 0 aromatic heterocycles. The second-order valence-electron chi connectivity index (χ2n) is 6.12. The van der Waals surface area contributed by atoms with Gasteiger partial charge in [0, 0.05) is 32.7 Å². The van der Waals surface area contributed by atoms with Gasteiger partial charge in [0.05, 0.1) is 17.5 Å². The zero-order valence-corrected chi connectivity index (χ0v) is 15.1. The third kappa shape index (κ3) is 6.10. The van der Waals surface area contributed by atoms with Crippen molar-refractivity contribution in [2.75, 3.05) is 50.2 Å². The van der Waals surface area contributed by atoms with Gasteiger partial charge in [-0.3, -0.25) is 9.52 Å². The van der Waals surface area contributed by atoms with Crippen LogP contribution in [0.2, 0.25) is 0 Å². The zero-order chi connectivity index (χ0) is 17.6. The van der Waals surface area contributed by atoms with Gasteiger partial charge in [0.1, 0.15) is 0 Å². The Bertz CT molecular complexity index is 670. The highest BCUT2D eigenvalue weighted by Crippen LogP contribution is 2.18.